The van der Waals surface area contributed by atoms with Crippen LogP contribution in [0.4, 0.5) is 5.69 Å². The molecule has 0 bridgehead atoms. The molecule has 0 saturated carbocycles. The van der Waals surface area contributed by atoms with E-state index in [2.05, 4.69) is 15.2 Å². The van der Waals surface area contributed by atoms with Crippen LogP contribution in [0.5, 0.6) is 5.75 Å². The van der Waals surface area contributed by atoms with Gasteiger partial charge in [-0.2, -0.15) is 0 Å². The van der Waals surface area contributed by atoms with Crippen molar-refractivity contribution in [1.29, 1.82) is 0 Å². The number of non-ortho nitro benzene ring substituents is 1. The summed E-state index contributed by atoms with van der Waals surface area (Å²) in [5, 5.41) is 18.4. The van der Waals surface area contributed by atoms with Crippen molar-refractivity contribution in [3.8, 4) is 5.75 Å². The van der Waals surface area contributed by atoms with Gasteiger partial charge in [0.15, 0.2) is 0 Å². The summed E-state index contributed by atoms with van der Waals surface area (Å²) in [5.41, 5.74) is 1.29. The molecule has 2 aromatic carbocycles. The molecule has 1 unspecified atom stereocenters. The highest BCUT2D eigenvalue weighted by atomic mass is 31.2. The fraction of sp³-hybridized carbons (Fsp3) is 0.0625. The van der Waals surface area contributed by atoms with Gasteiger partial charge in [-0.15, -0.1) is 10.2 Å². The maximum atomic E-state index is 14.1. The fourth-order valence-corrected chi connectivity index (χ4v) is 5.43. The summed E-state index contributed by atoms with van der Waals surface area (Å²) in [6.45, 7) is 0.219. The number of aromatic nitrogens is 5. The van der Waals surface area contributed by atoms with Gasteiger partial charge in [0.25, 0.3) is 5.69 Å². The number of nitro groups is 1. The summed E-state index contributed by atoms with van der Waals surface area (Å²) >= 11 is 0. The van der Waals surface area contributed by atoms with Crippen LogP contribution in [0.15, 0.2) is 61.2 Å². The topological polar surface area (TPSA) is 121 Å². The second kappa shape index (κ2) is 5.89. The van der Waals surface area contributed by atoms with E-state index >= 15 is 0 Å². The highest BCUT2D eigenvalue weighted by Crippen LogP contribution is 2.57. The molecule has 28 heavy (non-hydrogen) atoms. The second-order valence-corrected chi connectivity index (χ2v) is 8.06. The monoisotopic (exact) mass is 397 g/mol. The van der Waals surface area contributed by atoms with E-state index in [1.54, 1.807) is 4.34 Å². The lowest BCUT2D eigenvalue weighted by molar-refractivity contribution is -0.384. The average molecular weight is 397 g/mol. The Morgan fingerprint density at radius 2 is 1.79 bits per heavy atom. The molecule has 3 heterocycles. The third kappa shape index (κ3) is 2.37. The van der Waals surface area contributed by atoms with Crippen molar-refractivity contribution in [2.24, 2.45) is 0 Å². The predicted octanol–water partition coefficient (Wildman–Crippen LogP) is 2.72. The Kier molecular flexibility index (Phi) is 3.46. The van der Waals surface area contributed by atoms with Crippen molar-refractivity contribution < 1.29 is 14.0 Å². The maximum absolute atomic E-state index is 14.1. The van der Waals surface area contributed by atoms with E-state index in [-0.39, 0.29) is 18.0 Å². The first-order valence-electron chi connectivity index (χ1n) is 8.20. The molecular weight excluding hydrogens is 385 g/mol. The van der Waals surface area contributed by atoms with Crippen molar-refractivity contribution in [2.75, 3.05) is 4.78 Å². The second-order valence-electron chi connectivity index (χ2n) is 6.03. The van der Waals surface area contributed by atoms with Crippen molar-refractivity contribution in [3.05, 3.63) is 77.1 Å². The van der Waals surface area contributed by atoms with E-state index < -0.39 is 12.6 Å². The van der Waals surface area contributed by atoms with Crippen LogP contribution in [-0.4, -0.2) is 29.1 Å². The van der Waals surface area contributed by atoms with Crippen molar-refractivity contribution in [2.45, 2.75) is 6.54 Å². The molecule has 0 amide bonds. The normalized spacial score (nSPS) is 18.4. The number of hydrogen-bond acceptors (Lipinski definition) is 7. The van der Waals surface area contributed by atoms with E-state index in [0.717, 1.165) is 0 Å². The third-order valence-electron chi connectivity index (χ3n) is 4.38. The van der Waals surface area contributed by atoms with E-state index in [1.807, 2.05) is 24.3 Å². The van der Waals surface area contributed by atoms with Gasteiger partial charge < -0.3 is 4.52 Å². The molecule has 4 aromatic rings. The van der Waals surface area contributed by atoms with Gasteiger partial charge in [-0.1, -0.05) is 12.1 Å². The van der Waals surface area contributed by atoms with Crippen molar-refractivity contribution in [1.82, 2.24) is 24.2 Å². The van der Waals surface area contributed by atoms with Gasteiger partial charge in [-0.3, -0.25) is 10.1 Å². The quantitative estimate of drug-likeness (QED) is 0.293. The molecule has 0 aliphatic carbocycles. The van der Waals surface area contributed by atoms with Crippen LogP contribution in [0, 0.1) is 10.1 Å². The molecule has 1 atom stereocenters. The standard InChI is InChI=1S/C16H12N7O4P/c24-23(25)12-5-7-13(8-6-12)27-28(26)21(20-10-17-18-11-20)9-16-19-14-3-1-2-4-15(14)22(16)28/h1-8,10-11H,9H2. The summed E-state index contributed by atoms with van der Waals surface area (Å²) in [6.07, 6.45) is 2.83. The molecule has 0 fully saturated rings. The zero-order valence-electron chi connectivity index (χ0n) is 14.2. The number of nitrogens with zero attached hydrogens (tertiary/aromatic N) is 7. The molecule has 0 spiro atoms. The first kappa shape index (κ1) is 16.5. The minimum absolute atomic E-state index is 0.0820. The maximum Gasteiger partial charge on any atom is 0.469 e. The van der Waals surface area contributed by atoms with Gasteiger partial charge in [-0.25, -0.2) is 23.3 Å². The average Bonchev–Trinajstić information content (AvgIpc) is 3.38. The molecule has 12 heteroatoms. The summed E-state index contributed by atoms with van der Waals surface area (Å²) in [6, 6.07) is 12.8. The zero-order valence-corrected chi connectivity index (χ0v) is 15.1. The number of rotatable bonds is 4. The Labute approximate surface area is 157 Å². The van der Waals surface area contributed by atoms with Gasteiger partial charge in [0, 0.05) is 12.1 Å². The van der Waals surface area contributed by atoms with Gasteiger partial charge >= 0.3 is 7.67 Å². The molecule has 140 valence electrons. The Hall–Kier alpha value is -3.72. The number of hydrogen-bond donors (Lipinski definition) is 0. The zero-order chi connectivity index (χ0) is 19.3. The molecule has 2 aromatic heterocycles. The number of benzene rings is 2. The summed E-state index contributed by atoms with van der Waals surface area (Å²) in [4.78, 5) is 14.9. The van der Waals surface area contributed by atoms with Crippen LogP contribution in [0.1, 0.15) is 5.82 Å². The summed E-state index contributed by atoms with van der Waals surface area (Å²) in [5.74, 6) is 0.804. The lowest BCUT2D eigenvalue weighted by Gasteiger charge is -2.26. The minimum Gasteiger partial charge on any atom is -0.413 e. The Morgan fingerprint density at radius 1 is 1.07 bits per heavy atom. The van der Waals surface area contributed by atoms with Crippen LogP contribution in [0.25, 0.3) is 11.0 Å². The van der Waals surface area contributed by atoms with E-state index in [1.165, 1.54) is 46.4 Å². The molecule has 1 aliphatic heterocycles. The first-order chi connectivity index (χ1) is 13.6. The molecule has 1 aliphatic rings. The first-order valence-corrected chi connectivity index (χ1v) is 9.73. The van der Waals surface area contributed by atoms with E-state index in [4.69, 9.17) is 4.52 Å². The van der Waals surface area contributed by atoms with Crippen LogP contribution >= 0.6 is 7.67 Å². The fourth-order valence-electron chi connectivity index (χ4n) is 3.15. The highest BCUT2D eigenvalue weighted by molar-refractivity contribution is 7.59. The van der Waals surface area contributed by atoms with Gasteiger partial charge in [0.2, 0.25) is 0 Å². The number of fused-ring (bicyclic) bond motifs is 3. The van der Waals surface area contributed by atoms with Crippen LogP contribution in [0.2, 0.25) is 0 Å². The highest BCUT2D eigenvalue weighted by Gasteiger charge is 2.46. The number of imidazole rings is 1. The van der Waals surface area contributed by atoms with Crippen LogP contribution in [-0.2, 0) is 11.1 Å². The molecule has 5 rings (SSSR count). The molecule has 0 N–H and O–H groups in total. The van der Waals surface area contributed by atoms with Crippen molar-refractivity contribution >= 4 is 24.4 Å². The molecule has 0 radical (unpaired) electrons. The van der Waals surface area contributed by atoms with E-state index in [9.17, 15) is 14.7 Å². The Morgan fingerprint density at radius 3 is 2.50 bits per heavy atom. The molecule has 11 nitrogen and oxygen atoms in total. The predicted molar refractivity (Wildman–Crippen MR) is 98.4 cm³/mol. The number of para-hydroxylation sites is 2. The largest absolute Gasteiger partial charge is 0.469 e. The van der Waals surface area contributed by atoms with Gasteiger partial charge in [0.1, 0.15) is 30.8 Å². The van der Waals surface area contributed by atoms with Gasteiger partial charge in [-0.05, 0) is 24.3 Å². The lowest BCUT2D eigenvalue weighted by atomic mass is 10.3. The Balaban J connectivity index is 1.64. The number of nitro benzene ring substituents is 1. The molecule has 0 saturated heterocycles. The minimum atomic E-state index is -3.72. The van der Waals surface area contributed by atoms with Crippen molar-refractivity contribution in [3.63, 3.8) is 0 Å². The Bertz CT molecular complexity index is 1240. The van der Waals surface area contributed by atoms with Crippen LogP contribution in [0.3, 0.4) is 0 Å². The smallest absolute Gasteiger partial charge is 0.413 e. The lowest BCUT2D eigenvalue weighted by Crippen LogP contribution is -2.28. The third-order valence-corrected chi connectivity index (χ3v) is 6.71. The van der Waals surface area contributed by atoms with Crippen LogP contribution < -0.4 is 9.30 Å². The summed E-state index contributed by atoms with van der Waals surface area (Å²) < 4.78 is 24.6. The summed E-state index contributed by atoms with van der Waals surface area (Å²) in [7, 11) is -3.72. The SMILES string of the molecule is O=[N+]([O-])c1ccc(OP2(=O)N(n3cnnc3)Cc3nc4ccccc4n32)cc1. The molecular formula is C16H12N7O4P. The van der Waals surface area contributed by atoms with Gasteiger partial charge in [0.05, 0.1) is 16.0 Å². The van der Waals surface area contributed by atoms with E-state index in [0.29, 0.717) is 16.9 Å².